The summed E-state index contributed by atoms with van der Waals surface area (Å²) in [5.41, 5.74) is 7.74. The lowest BCUT2D eigenvalue weighted by molar-refractivity contribution is 0.572. The van der Waals surface area contributed by atoms with Crippen LogP contribution in [0.3, 0.4) is 0 Å². The molecule has 2 aliphatic rings. The molecule has 2 unspecified atom stereocenters. The Bertz CT molecular complexity index is 971. The molecule has 4 rings (SSSR count). The summed E-state index contributed by atoms with van der Waals surface area (Å²) in [6.07, 6.45) is 6.68. The van der Waals surface area contributed by atoms with Gasteiger partial charge in [0.2, 0.25) is 0 Å². The maximum atomic E-state index is 5.23. The molecule has 0 bridgehead atoms. The van der Waals surface area contributed by atoms with Gasteiger partial charge in [0.15, 0.2) is 0 Å². The Balaban J connectivity index is 1.73. The normalized spacial score (nSPS) is 18.9. The van der Waals surface area contributed by atoms with Crippen LogP contribution in [0, 0.1) is 12.8 Å². The average molecular weight is 407 g/mol. The fourth-order valence-corrected chi connectivity index (χ4v) is 5.08. The molecule has 2 aromatic rings. The van der Waals surface area contributed by atoms with Gasteiger partial charge in [0.1, 0.15) is 5.84 Å². The van der Waals surface area contributed by atoms with Crippen molar-refractivity contribution in [3.8, 4) is 0 Å². The highest BCUT2D eigenvalue weighted by Crippen LogP contribution is 2.44. The third kappa shape index (κ3) is 3.64. The minimum absolute atomic E-state index is 0.109. The zero-order valence-corrected chi connectivity index (χ0v) is 18.5. The second kappa shape index (κ2) is 8.15. The highest BCUT2D eigenvalue weighted by atomic mass is 32.1. The van der Waals surface area contributed by atoms with Gasteiger partial charge in [0.25, 0.3) is 0 Å². The van der Waals surface area contributed by atoms with Gasteiger partial charge in [-0.2, -0.15) is 4.37 Å². The number of unbranched alkanes of at least 4 members (excludes halogenated alkanes) is 1. The summed E-state index contributed by atoms with van der Waals surface area (Å²) >= 11 is 1.45. The first-order chi connectivity index (χ1) is 14.0. The van der Waals surface area contributed by atoms with Crippen LogP contribution in [0.1, 0.15) is 68.0 Å². The predicted octanol–water partition coefficient (Wildman–Crippen LogP) is 6.79. The fourth-order valence-electron chi connectivity index (χ4n) is 4.45. The molecule has 1 N–H and O–H groups in total. The molecule has 2 atom stereocenters. The molecule has 4 nitrogen and oxygen atoms in total. The van der Waals surface area contributed by atoms with Crippen LogP contribution in [0.2, 0.25) is 0 Å². The lowest BCUT2D eigenvalue weighted by Gasteiger charge is -2.31. The molecule has 2 aliphatic heterocycles. The van der Waals surface area contributed by atoms with E-state index in [1.165, 1.54) is 59.7 Å². The van der Waals surface area contributed by atoms with Crippen molar-refractivity contribution < 1.29 is 0 Å². The molecule has 0 amide bonds. The molecule has 1 fully saturated rings. The molecule has 152 valence electrons. The molecule has 29 heavy (non-hydrogen) atoms. The van der Waals surface area contributed by atoms with E-state index >= 15 is 0 Å². The molecule has 5 heteroatoms. The van der Waals surface area contributed by atoms with Crippen LogP contribution < -0.4 is 5.32 Å². The van der Waals surface area contributed by atoms with Crippen molar-refractivity contribution in [2.45, 2.75) is 52.5 Å². The van der Waals surface area contributed by atoms with Crippen molar-refractivity contribution in [2.24, 2.45) is 10.9 Å². The molecule has 0 spiro atoms. The van der Waals surface area contributed by atoms with Gasteiger partial charge in [-0.15, -0.1) is 0 Å². The van der Waals surface area contributed by atoms with E-state index in [9.17, 15) is 0 Å². The number of hydrogen-bond donors (Lipinski definition) is 1. The van der Waals surface area contributed by atoms with E-state index in [0.717, 1.165) is 29.3 Å². The van der Waals surface area contributed by atoms with Gasteiger partial charge < -0.3 is 10.2 Å². The molecule has 1 aromatic heterocycles. The lowest BCUT2D eigenvalue weighted by atomic mass is 9.94. The van der Waals surface area contributed by atoms with Crippen molar-refractivity contribution >= 4 is 40.5 Å². The molecular formula is C24H30N4S. The van der Waals surface area contributed by atoms with Gasteiger partial charge in [-0.05, 0) is 55.9 Å². The van der Waals surface area contributed by atoms with Crippen LogP contribution in [-0.4, -0.2) is 21.7 Å². The van der Waals surface area contributed by atoms with Gasteiger partial charge in [-0.25, -0.2) is 4.99 Å². The Hall–Kier alpha value is -2.40. The number of fused-ring (bicyclic) bond motifs is 2. The molecule has 0 aliphatic carbocycles. The number of amidine groups is 1. The van der Waals surface area contributed by atoms with Crippen LogP contribution in [0.15, 0.2) is 35.7 Å². The van der Waals surface area contributed by atoms with E-state index in [0.29, 0.717) is 5.92 Å². The van der Waals surface area contributed by atoms with E-state index in [4.69, 9.17) is 4.99 Å². The fraction of sp³-hybridized carbons (Fsp3) is 0.417. The van der Waals surface area contributed by atoms with Crippen LogP contribution in [-0.2, 0) is 0 Å². The molecule has 0 radical (unpaired) electrons. The minimum Gasteiger partial charge on any atom is -0.376 e. The Morgan fingerprint density at radius 1 is 1.41 bits per heavy atom. The number of aryl methyl sites for hydroxylation is 1. The first-order valence-electron chi connectivity index (χ1n) is 10.6. The minimum atomic E-state index is 0.109. The van der Waals surface area contributed by atoms with E-state index in [1.54, 1.807) is 6.08 Å². The summed E-state index contributed by atoms with van der Waals surface area (Å²) in [5.74, 6) is 1.77. The second-order valence-corrected chi connectivity index (χ2v) is 8.76. The van der Waals surface area contributed by atoms with E-state index in [1.807, 2.05) is 5.38 Å². The SMILES string of the molecule is C=Cc1nscc1NC(C)c1cc(C)cc2c1N=C1C(CCCC)CCN1C2=C. The van der Waals surface area contributed by atoms with Crippen LogP contribution in [0.5, 0.6) is 0 Å². The Morgan fingerprint density at radius 2 is 2.24 bits per heavy atom. The summed E-state index contributed by atoms with van der Waals surface area (Å²) in [6.45, 7) is 16.0. The summed E-state index contributed by atoms with van der Waals surface area (Å²) in [7, 11) is 0. The zero-order valence-electron chi connectivity index (χ0n) is 17.7. The first kappa shape index (κ1) is 19.9. The quantitative estimate of drug-likeness (QED) is 0.550. The van der Waals surface area contributed by atoms with Crippen molar-refractivity contribution in [2.75, 3.05) is 11.9 Å². The number of nitrogens with one attached hydrogen (secondary N) is 1. The largest absolute Gasteiger partial charge is 0.376 e. The number of aliphatic imine (C=N–C) groups is 1. The molecule has 3 heterocycles. The average Bonchev–Trinajstić information content (AvgIpc) is 3.33. The highest BCUT2D eigenvalue weighted by molar-refractivity contribution is 7.04. The predicted molar refractivity (Wildman–Crippen MR) is 126 cm³/mol. The molecule has 0 saturated carbocycles. The third-order valence-corrected chi connectivity index (χ3v) is 6.67. The van der Waals surface area contributed by atoms with Crippen molar-refractivity contribution in [1.29, 1.82) is 0 Å². The van der Waals surface area contributed by atoms with Gasteiger partial charge in [0.05, 0.1) is 23.1 Å². The Kier molecular flexibility index (Phi) is 5.59. The van der Waals surface area contributed by atoms with Gasteiger partial charge in [-0.3, -0.25) is 0 Å². The van der Waals surface area contributed by atoms with Gasteiger partial charge in [-0.1, -0.05) is 39.0 Å². The summed E-state index contributed by atoms with van der Waals surface area (Å²) in [6, 6.07) is 4.60. The van der Waals surface area contributed by atoms with Gasteiger partial charge >= 0.3 is 0 Å². The number of benzene rings is 1. The molecule has 1 aromatic carbocycles. The smallest absolute Gasteiger partial charge is 0.112 e. The highest BCUT2D eigenvalue weighted by Gasteiger charge is 2.35. The number of aromatic nitrogens is 1. The maximum absolute atomic E-state index is 5.23. The third-order valence-electron chi connectivity index (χ3n) is 6.03. The summed E-state index contributed by atoms with van der Waals surface area (Å²) < 4.78 is 4.39. The standard InChI is InChI=1S/C24H30N4S/c1-6-8-9-18-10-11-28-17(5)20-13-15(3)12-19(23(20)26-24(18)28)16(4)25-22-14-29-27-21(22)7-2/h7,12-14,16,18,25H,2,5-6,8-11H2,1,3-4H3. The van der Waals surface area contributed by atoms with E-state index in [-0.39, 0.29) is 6.04 Å². The molecular weight excluding hydrogens is 376 g/mol. The topological polar surface area (TPSA) is 40.5 Å². The number of anilines is 1. The summed E-state index contributed by atoms with van der Waals surface area (Å²) in [5, 5.41) is 5.66. The number of nitrogens with zero attached hydrogens (tertiary/aromatic N) is 3. The molecule has 1 saturated heterocycles. The van der Waals surface area contributed by atoms with Crippen molar-refractivity contribution in [3.63, 3.8) is 0 Å². The number of rotatable bonds is 7. The second-order valence-electron chi connectivity index (χ2n) is 8.13. The Morgan fingerprint density at radius 3 is 3.00 bits per heavy atom. The van der Waals surface area contributed by atoms with Crippen molar-refractivity contribution in [1.82, 2.24) is 9.27 Å². The van der Waals surface area contributed by atoms with Crippen LogP contribution in [0.4, 0.5) is 11.4 Å². The van der Waals surface area contributed by atoms with Gasteiger partial charge in [0, 0.05) is 34.7 Å². The van der Waals surface area contributed by atoms with Crippen LogP contribution in [0.25, 0.3) is 11.8 Å². The monoisotopic (exact) mass is 406 g/mol. The van der Waals surface area contributed by atoms with E-state index in [2.05, 4.69) is 60.7 Å². The Labute approximate surface area is 178 Å². The zero-order chi connectivity index (χ0) is 20.5. The van der Waals surface area contributed by atoms with Crippen molar-refractivity contribution in [3.05, 3.63) is 53.1 Å². The van der Waals surface area contributed by atoms with Crippen LogP contribution >= 0.6 is 11.5 Å². The first-order valence-corrected chi connectivity index (χ1v) is 11.4. The lowest BCUT2D eigenvalue weighted by Crippen LogP contribution is -2.29. The maximum Gasteiger partial charge on any atom is 0.112 e. The van der Waals surface area contributed by atoms with E-state index < -0.39 is 0 Å². The number of hydrogen-bond acceptors (Lipinski definition) is 5. The summed E-state index contributed by atoms with van der Waals surface area (Å²) in [4.78, 5) is 7.58.